The van der Waals surface area contributed by atoms with Crippen LogP contribution in [-0.4, -0.2) is 66.3 Å². The van der Waals surface area contributed by atoms with Gasteiger partial charge in [-0.25, -0.2) is 18.4 Å². The molecule has 7 nitrogen and oxygen atoms in total. The Bertz CT molecular complexity index is 979. The first kappa shape index (κ1) is 19.5. The van der Waals surface area contributed by atoms with Crippen LogP contribution in [0.5, 0.6) is 0 Å². The Kier molecular flexibility index (Phi) is 5.28. The summed E-state index contributed by atoms with van der Waals surface area (Å²) < 4.78 is 23.5. The first-order valence-electron chi connectivity index (χ1n) is 9.95. The Morgan fingerprint density at radius 3 is 2.71 bits per heavy atom. The van der Waals surface area contributed by atoms with E-state index < -0.39 is 15.9 Å². The van der Waals surface area contributed by atoms with Gasteiger partial charge in [-0.1, -0.05) is 12.1 Å². The van der Waals surface area contributed by atoms with Crippen molar-refractivity contribution in [2.24, 2.45) is 0 Å². The largest absolute Gasteiger partial charge is 0.390 e. The number of nitrogens with zero attached hydrogens (tertiary/aromatic N) is 3. The number of aliphatic hydroxyl groups excluding tert-OH is 1. The number of aryl methyl sites for hydroxylation is 2. The smallest absolute Gasteiger partial charge is 0.226 e. The first-order valence-corrected chi connectivity index (χ1v) is 11.8. The van der Waals surface area contributed by atoms with E-state index in [-0.39, 0.29) is 23.6 Å². The molecule has 2 fully saturated rings. The number of sulfone groups is 1. The van der Waals surface area contributed by atoms with Gasteiger partial charge in [0.15, 0.2) is 9.84 Å². The number of rotatable bonds is 3. The minimum atomic E-state index is -3.13. The molecule has 1 aromatic carbocycles. The van der Waals surface area contributed by atoms with E-state index in [2.05, 4.69) is 35.3 Å². The van der Waals surface area contributed by atoms with Crippen LogP contribution in [0.1, 0.15) is 30.5 Å². The summed E-state index contributed by atoms with van der Waals surface area (Å²) in [5, 5.41) is 14.5. The van der Waals surface area contributed by atoms with E-state index in [1.54, 1.807) is 0 Å². The first-order chi connectivity index (χ1) is 13.3. The molecule has 2 aromatic rings. The fourth-order valence-corrected chi connectivity index (χ4v) is 6.03. The highest BCUT2D eigenvalue weighted by atomic mass is 32.2. The molecular formula is C20H28N4O3S. The van der Waals surface area contributed by atoms with Crippen LogP contribution in [0.25, 0.3) is 10.9 Å². The lowest BCUT2D eigenvalue weighted by Gasteiger charge is -2.24. The summed E-state index contributed by atoms with van der Waals surface area (Å²) in [6.45, 7) is 5.77. The lowest BCUT2D eigenvalue weighted by atomic mass is 10.1. The van der Waals surface area contributed by atoms with Crippen molar-refractivity contribution in [3.8, 4) is 0 Å². The molecule has 1 unspecified atom stereocenters. The maximum absolute atomic E-state index is 11.7. The highest BCUT2D eigenvalue weighted by Gasteiger charge is 2.37. The molecule has 0 spiro atoms. The normalized spacial score (nSPS) is 27.8. The molecule has 3 heterocycles. The zero-order valence-electron chi connectivity index (χ0n) is 16.4. The van der Waals surface area contributed by atoms with Crippen molar-refractivity contribution in [2.75, 3.05) is 29.5 Å². The second kappa shape index (κ2) is 7.57. The molecule has 4 rings (SSSR count). The van der Waals surface area contributed by atoms with E-state index in [4.69, 9.17) is 9.97 Å². The third-order valence-electron chi connectivity index (χ3n) is 5.81. The second-order valence-electron chi connectivity index (χ2n) is 8.16. The van der Waals surface area contributed by atoms with Crippen LogP contribution in [0.15, 0.2) is 18.2 Å². The van der Waals surface area contributed by atoms with Crippen LogP contribution in [0, 0.1) is 13.8 Å². The highest BCUT2D eigenvalue weighted by Crippen LogP contribution is 2.23. The summed E-state index contributed by atoms with van der Waals surface area (Å²) in [5.74, 6) is 0.660. The van der Waals surface area contributed by atoms with Gasteiger partial charge in [-0.05, 0) is 44.7 Å². The maximum atomic E-state index is 11.7. The van der Waals surface area contributed by atoms with E-state index >= 15 is 0 Å². The van der Waals surface area contributed by atoms with E-state index in [0.29, 0.717) is 0 Å². The molecule has 0 saturated carbocycles. The maximum Gasteiger partial charge on any atom is 0.226 e. The standard InChI is InChI=1S/C20H28N4O3S/c1-13-5-6-16-14(2)21-20(23-17(16)10-13)24-8-3-4-15(7-9-24)22-18-11-28(26,27)12-19(18)25/h5-6,10,15,18-19,22,25H,3-4,7-9,11-12H2,1-2H3/t15?,18-,19-/m1/s1. The zero-order valence-corrected chi connectivity index (χ0v) is 17.2. The van der Waals surface area contributed by atoms with E-state index in [9.17, 15) is 13.5 Å². The van der Waals surface area contributed by atoms with E-state index in [1.807, 2.05) is 6.92 Å². The highest BCUT2D eigenvalue weighted by molar-refractivity contribution is 7.91. The van der Waals surface area contributed by atoms with Crippen LogP contribution >= 0.6 is 0 Å². The average molecular weight is 405 g/mol. The topological polar surface area (TPSA) is 95.4 Å². The summed E-state index contributed by atoms with van der Waals surface area (Å²) in [5.41, 5.74) is 3.14. The average Bonchev–Trinajstić information content (AvgIpc) is 2.78. The molecule has 2 saturated heterocycles. The Balaban J connectivity index is 1.46. The van der Waals surface area contributed by atoms with Crippen LogP contribution < -0.4 is 10.2 Å². The van der Waals surface area contributed by atoms with Gasteiger partial charge in [0.1, 0.15) is 0 Å². The predicted molar refractivity (Wildman–Crippen MR) is 110 cm³/mol. The van der Waals surface area contributed by atoms with Gasteiger partial charge in [0, 0.05) is 30.6 Å². The van der Waals surface area contributed by atoms with E-state index in [0.717, 1.165) is 54.9 Å². The Labute approximate surface area is 166 Å². The Morgan fingerprint density at radius 1 is 1.14 bits per heavy atom. The molecule has 0 bridgehead atoms. The molecule has 0 aliphatic carbocycles. The third-order valence-corrected chi connectivity index (χ3v) is 7.53. The minimum Gasteiger partial charge on any atom is -0.390 e. The third kappa shape index (κ3) is 4.14. The van der Waals surface area contributed by atoms with Gasteiger partial charge in [0.2, 0.25) is 5.95 Å². The van der Waals surface area contributed by atoms with Crippen LogP contribution in [-0.2, 0) is 9.84 Å². The zero-order chi connectivity index (χ0) is 19.9. The van der Waals surface area contributed by atoms with Crippen molar-refractivity contribution in [1.82, 2.24) is 15.3 Å². The number of aromatic nitrogens is 2. The van der Waals surface area contributed by atoms with Gasteiger partial charge < -0.3 is 15.3 Å². The summed E-state index contributed by atoms with van der Waals surface area (Å²) in [6, 6.07) is 6.09. The SMILES string of the molecule is Cc1ccc2c(C)nc(N3CCCC(N[C@@H]4CS(=O)(=O)C[C@H]4O)CC3)nc2c1. The quantitative estimate of drug-likeness (QED) is 0.797. The van der Waals surface area contributed by atoms with Gasteiger partial charge in [-0.3, -0.25) is 0 Å². The van der Waals surface area contributed by atoms with Crippen LogP contribution in [0.4, 0.5) is 5.95 Å². The van der Waals surface area contributed by atoms with Crippen LogP contribution in [0.2, 0.25) is 0 Å². The number of aliphatic hydroxyl groups is 1. The summed E-state index contributed by atoms with van der Waals surface area (Å²) in [7, 11) is -3.13. The molecule has 0 amide bonds. The number of hydrogen-bond acceptors (Lipinski definition) is 7. The summed E-state index contributed by atoms with van der Waals surface area (Å²) >= 11 is 0. The Hall–Kier alpha value is -1.77. The lowest BCUT2D eigenvalue weighted by molar-refractivity contribution is 0.157. The van der Waals surface area contributed by atoms with Gasteiger partial charge in [0.25, 0.3) is 0 Å². The van der Waals surface area contributed by atoms with Crippen molar-refractivity contribution in [1.29, 1.82) is 0 Å². The number of anilines is 1. The van der Waals surface area contributed by atoms with Crippen molar-refractivity contribution in [3.05, 3.63) is 29.5 Å². The van der Waals surface area contributed by atoms with Crippen molar-refractivity contribution in [2.45, 2.75) is 51.3 Å². The summed E-state index contributed by atoms with van der Waals surface area (Å²) in [4.78, 5) is 11.7. The molecule has 28 heavy (non-hydrogen) atoms. The van der Waals surface area contributed by atoms with Gasteiger partial charge in [-0.15, -0.1) is 0 Å². The van der Waals surface area contributed by atoms with Crippen molar-refractivity contribution >= 4 is 26.7 Å². The van der Waals surface area contributed by atoms with Crippen LogP contribution in [0.3, 0.4) is 0 Å². The van der Waals surface area contributed by atoms with Crippen molar-refractivity contribution < 1.29 is 13.5 Å². The fourth-order valence-electron chi connectivity index (χ4n) is 4.28. The second-order valence-corrected chi connectivity index (χ2v) is 10.3. The molecule has 2 N–H and O–H groups in total. The van der Waals surface area contributed by atoms with Gasteiger partial charge in [-0.2, -0.15) is 0 Å². The minimum absolute atomic E-state index is 0.0285. The van der Waals surface area contributed by atoms with Gasteiger partial charge >= 0.3 is 0 Å². The van der Waals surface area contributed by atoms with Crippen molar-refractivity contribution in [3.63, 3.8) is 0 Å². The Morgan fingerprint density at radius 2 is 1.96 bits per heavy atom. The number of nitrogens with one attached hydrogen (secondary N) is 1. The molecule has 8 heteroatoms. The molecule has 2 aliphatic heterocycles. The molecule has 1 aromatic heterocycles. The van der Waals surface area contributed by atoms with E-state index in [1.165, 1.54) is 5.56 Å². The monoisotopic (exact) mass is 404 g/mol. The molecule has 3 atom stereocenters. The lowest BCUT2D eigenvalue weighted by Crippen LogP contribution is -2.45. The number of benzene rings is 1. The molecular weight excluding hydrogens is 376 g/mol. The fraction of sp³-hybridized carbons (Fsp3) is 0.600. The molecule has 0 radical (unpaired) electrons. The summed E-state index contributed by atoms with van der Waals surface area (Å²) in [6.07, 6.45) is 1.99. The number of hydrogen-bond donors (Lipinski definition) is 2. The molecule has 2 aliphatic rings. The number of fused-ring (bicyclic) bond motifs is 1. The van der Waals surface area contributed by atoms with Gasteiger partial charge in [0.05, 0.1) is 28.8 Å². The molecule has 152 valence electrons. The predicted octanol–water partition coefficient (Wildman–Crippen LogP) is 1.35.